The topological polar surface area (TPSA) is 61.1 Å². The number of hydrogen-bond donors (Lipinski definition) is 1. The van der Waals surface area contributed by atoms with E-state index in [9.17, 15) is 9.90 Å². The maximum absolute atomic E-state index is 10.4. The van der Waals surface area contributed by atoms with Crippen molar-refractivity contribution in [2.24, 2.45) is 5.41 Å². The van der Waals surface area contributed by atoms with Crippen molar-refractivity contribution >= 4 is 6.29 Å². The van der Waals surface area contributed by atoms with Crippen LogP contribution in [0.2, 0.25) is 0 Å². The van der Waals surface area contributed by atoms with Crippen LogP contribution < -0.4 is 0 Å². The van der Waals surface area contributed by atoms with Gasteiger partial charge >= 0.3 is 0 Å². The van der Waals surface area contributed by atoms with Gasteiger partial charge in [0, 0.05) is 0 Å². The van der Waals surface area contributed by atoms with Gasteiger partial charge in [-0.25, -0.2) is 0 Å². The van der Waals surface area contributed by atoms with Gasteiger partial charge in [-0.05, 0) is 12.8 Å². The van der Waals surface area contributed by atoms with E-state index in [0.29, 0.717) is 19.1 Å². The van der Waals surface area contributed by atoms with Gasteiger partial charge in [-0.15, -0.1) is 0 Å². The smallest absolute Gasteiger partial charge is 0.150 e. The third-order valence-electron chi connectivity index (χ3n) is 2.66. The molecule has 0 aliphatic heterocycles. The molecule has 66 valence electrons. The molecular formula is C9H13NO2. The van der Waals surface area contributed by atoms with Crippen LogP contribution in [0.3, 0.4) is 0 Å². The van der Waals surface area contributed by atoms with Crippen LogP contribution in [0, 0.1) is 16.7 Å². The number of aliphatic hydroxyl groups is 1. The zero-order chi connectivity index (χ0) is 9.03. The van der Waals surface area contributed by atoms with Crippen LogP contribution in [0.1, 0.15) is 32.1 Å². The highest BCUT2D eigenvalue weighted by molar-refractivity contribution is 5.58. The molecule has 1 fully saturated rings. The lowest BCUT2D eigenvalue weighted by atomic mass is 9.72. The molecular weight excluding hydrogens is 154 g/mol. The van der Waals surface area contributed by atoms with E-state index >= 15 is 0 Å². The second-order valence-corrected chi connectivity index (χ2v) is 3.41. The predicted molar refractivity (Wildman–Crippen MR) is 43.2 cm³/mol. The summed E-state index contributed by atoms with van der Waals surface area (Å²) in [7, 11) is 0. The number of nitrogens with zero attached hydrogens (tertiary/aromatic N) is 1. The van der Waals surface area contributed by atoms with Gasteiger partial charge < -0.3 is 9.90 Å². The van der Waals surface area contributed by atoms with Crippen molar-refractivity contribution in [1.29, 1.82) is 5.26 Å². The van der Waals surface area contributed by atoms with E-state index in [1.807, 2.05) is 0 Å². The van der Waals surface area contributed by atoms with Gasteiger partial charge in [-0.3, -0.25) is 0 Å². The van der Waals surface area contributed by atoms with Gasteiger partial charge in [0.15, 0.2) is 0 Å². The van der Waals surface area contributed by atoms with E-state index < -0.39 is 11.5 Å². The van der Waals surface area contributed by atoms with Gasteiger partial charge in [0.2, 0.25) is 0 Å². The van der Waals surface area contributed by atoms with Crippen molar-refractivity contribution < 1.29 is 9.90 Å². The summed E-state index contributed by atoms with van der Waals surface area (Å²) < 4.78 is 0. The number of carbonyl (C=O) groups is 1. The Morgan fingerprint density at radius 3 is 2.42 bits per heavy atom. The molecule has 1 aliphatic carbocycles. The zero-order valence-electron chi connectivity index (χ0n) is 6.99. The molecule has 1 saturated carbocycles. The zero-order valence-corrected chi connectivity index (χ0v) is 6.99. The largest absolute Gasteiger partial charge is 0.384 e. The van der Waals surface area contributed by atoms with Crippen molar-refractivity contribution in [3.8, 4) is 6.07 Å². The van der Waals surface area contributed by atoms with E-state index in [-0.39, 0.29) is 0 Å². The minimum Gasteiger partial charge on any atom is -0.384 e. The predicted octanol–water partition coefficient (Wildman–Crippen LogP) is 1.02. The molecule has 0 amide bonds. The number of carbonyl (C=O) groups excluding carboxylic acids is 1. The summed E-state index contributed by atoms with van der Waals surface area (Å²) in [5.41, 5.74) is -0.778. The summed E-state index contributed by atoms with van der Waals surface area (Å²) in [6.45, 7) is 0. The van der Waals surface area contributed by atoms with Crippen molar-refractivity contribution in [2.45, 2.75) is 38.2 Å². The molecule has 1 atom stereocenters. The normalized spacial score (nSPS) is 24.0. The first-order valence-corrected chi connectivity index (χ1v) is 4.30. The molecule has 3 nitrogen and oxygen atoms in total. The standard InChI is InChI=1S/C9H13NO2/c10-7-9(8(12)6-11)4-2-1-3-5-9/h6,8,12H,1-5H2. The molecule has 12 heavy (non-hydrogen) atoms. The van der Waals surface area contributed by atoms with Crippen LogP contribution in [0.4, 0.5) is 0 Å². The third-order valence-corrected chi connectivity index (χ3v) is 2.66. The molecule has 1 rings (SSSR count). The monoisotopic (exact) mass is 167 g/mol. The van der Waals surface area contributed by atoms with E-state index in [0.717, 1.165) is 19.3 Å². The Kier molecular flexibility index (Phi) is 2.83. The van der Waals surface area contributed by atoms with E-state index in [1.54, 1.807) is 0 Å². The first kappa shape index (κ1) is 9.21. The molecule has 0 aromatic heterocycles. The highest BCUT2D eigenvalue weighted by Crippen LogP contribution is 2.37. The fraction of sp³-hybridized carbons (Fsp3) is 0.778. The summed E-state index contributed by atoms with van der Waals surface area (Å²) in [5.74, 6) is 0. The number of rotatable bonds is 2. The fourth-order valence-corrected chi connectivity index (χ4v) is 1.79. The first-order chi connectivity index (χ1) is 5.75. The summed E-state index contributed by atoms with van der Waals surface area (Å²) >= 11 is 0. The summed E-state index contributed by atoms with van der Waals surface area (Å²) in [5, 5.41) is 18.2. The lowest BCUT2D eigenvalue weighted by Gasteiger charge is -2.32. The average molecular weight is 167 g/mol. The van der Waals surface area contributed by atoms with Gasteiger partial charge in [0.25, 0.3) is 0 Å². The molecule has 1 unspecified atom stereocenters. The van der Waals surface area contributed by atoms with Crippen LogP contribution in [0.15, 0.2) is 0 Å². The number of aliphatic hydroxyl groups excluding tert-OH is 1. The van der Waals surface area contributed by atoms with Crippen molar-refractivity contribution in [3.63, 3.8) is 0 Å². The molecule has 0 aromatic rings. The van der Waals surface area contributed by atoms with Crippen LogP contribution >= 0.6 is 0 Å². The Morgan fingerprint density at radius 1 is 1.42 bits per heavy atom. The van der Waals surface area contributed by atoms with Crippen LogP contribution in [0.5, 0.6) is 0 Å². The van der Waals surface area contributed by atoms with E-state index in [4.69, 9.17) is 5.26 Å². The number of hydrogen-bond acceptors (Lipinski definition) is 3. The Hall–Kier alpha value is -0.880. The number of nitriles is 1. The lowest BCUT2D eigenvalue weighted by Crippen LogP contribution is -2.36. The molecule has 0 saturated heterocycles. The second-order valence-electron chi connectivity index (χ2n) is 3.41. The summed E-state index contributed by atoms with van der Waals surface area (Å²) in [6.07, 6.45) is 3.69. The third kappa shape index (κ3) is 1.49. The minimum atomic E-state index is -1.09. The summed E-state index contributed by atoms with van der Waals surface area (Å²) in [4.78, 5) is 10.4. The number of aldehydes is 1. The van der Waals surface area contributed by atoms with Crippen molar-refractivity contribution in [3.05, 3.63) is 0 Å². The van der Waals surface area contributed by atoms with Crippen LogP contribution in [-0.4, -0.2) is 17.5 Å². The maximum atomic E-state index is 10.4. The quantitative estimate of drug-likeness (QED) is 0.624. The Balaban J connectivity index is 2.74. The molecule has 0 bridgehead atoms. The first-order valence-electron chi connectivity index (χ1n) is 4.30. The average Bonchev–Trinajstić information content (AvgIpc) is 2.17. The van der Waals surface area contributed by atoms with Gasteiger partial charge in [-0.2, -0.15) is 5.26 Å². The van der Waals surface area contributed by atoms with E-state index in [1.165, 1.54) is 0 Å². The lowest BCUT2D eigenvalue weighted by molar-refractivity contribution is -0.120. The maximum Gasteiger partial charge on any atom is 0.150 e. The molecule has 0 radical (unpaired) electrons. The molecule has 1 N–H and O–H groups in total. The van der Waals surface area contributed by atoms with Gasteiger partial charge in [-0.1, -0.05) is 19.3 Å². The van der Waals surface area contributed by atoms with Crippen molar-refractivity contribution in [1.82, 2.24) is 0 Å². The second kappa shape index (κ2) is 3.68. The summed E-state index contributed by atoms with van der Waals surface area (Å²) in [6, 6.07) is 2.09. The SMILES string of the molecule is N#CC1(C(O)C=O)CCCCC1. The minimum absolute atomic E-state index is 0.481. The highest BCUT2D eigenvalue weighted by atomic mass is 16.3. The van der Waals surface area contributed by atoms with Gasteiger partial charge in [0.05, 0.1) is 11.5 Å². The molecule has 1 aliphatic rings. The Labute approximate surface area is 72.0 Å². The van der Waals surface area contributed by atoms with Crippen LogP contribution in [0.25, 0.3) is 0 Å². The van der Waals surface area contributed by atoms with E-state index in [2.05, 4.69) is 6.07 Å². The molecule has 0 aromatic carbocycles. The van der Waals surface area contributed by atoms with Gasteiger partial charge in [0.1, 0.15) is 12.4 Å². The highest BCUT2D eigenvalue weighted by Gasteiger charge is 2.39. The Bertz CT molecular complexity index is 201. The van der Waals surface area contributed by atoms with Crippen LogP contribution in [-0.2, 0) is 4.79 Å². The Morgan fingerprint density at radius 2 is 2.00 bits per heavy atom. The molecule has 0 heterocycles. The fourth-order valence-electron chi connectivity index (χ4n) is 1.79. The molecule has 0 spiro atoms. The molecule has 3 heteroatoms. The van der Waals surface area contributed by atoms with Crippen molar-refractivity contribution in [2.75, 3.05) is 0 Å².